The van der Waals surface area contributed by atoms with Crippen LogP contribution in [0, 0.1) is 6.92 Å². The van der Waals surface area contributed by atoms with E-state index in [4.69, 9.17) is 13.6 Å². The van der Waals surface area contributed by atoms with Gasteiger partial charge in [0.1, 0.15) is 11.2 Å². The van der Waals surface area contributed by atoms with Crippen molar-refractivity contribution >= 4 is 27.8 Å². The highest BCUT2D eigenvalue weighted by Crippen LogP contribution is 2.35. The Kier molecular flexibility index (Phi) is 6.40. The molecule has 1 N–H and O–H groups in total. The second-order valence-electron chi connectivity index (χ2n) is 9.54. The molecular formula is C25H32N2O5. The van der Waals surface area contributed by atoms with Crippen LogP contribution in [0.4, 0.5) is 0 Å². The first kappa shape index (κ1) is 22.6. The van der Waals surface area contributed by atoms with E-state index in [1.807, 2.05) is 13.0 Å². The molecule has 1 fully saturated rings. The van der Waals surface area contributed by atoms with Gasteiger partial charge in [0.25, 0.3) is 0 Å². The van der Waals surface area contributed by atoms with Crippen LogP contribution in [-0.4, -0.2) is 50.2 Å². The molecule has 0 spiro atoms. The summed E-state index contributed by atoms with van der Waals surface area (Å²) < 4.78 is 16.7. The molecule has 4 rings (SSSR count). The van der Waals surface area contributed by atoms with Crippen molar-refractivity contribution in [1.82, 2.24) is 10.2 Å². The molecule has 1 aliphatic rings. The van der Waals surface area contributed by atoms with Gasteiger partial charge in [0.15, 0.2) is 0 Å². The van der Waals surface area contributed by atoms with Crippen LogP contribution in [0.5, 0.6) is 0 Å². The number of fused-ring (bicyclic) bond motifs is 2. The average Bonchev–Trinajstić information content (AvgIpc) is 3.16. The second kappa shape index (κ2) is 9.08. The van der Waals surface area contributed by atoms with Crippen molar-refractivity contribution in [3.05, 3.63) is 45.5 Å². The molecule has 3 heterocycles. The molecule has 3 aromatic rings. The molecule has 1 saturated heterocycles. The summed E-state index contributed by atoms with van der Waals surface area (Å²) in [6.45, 7) is 13.0. The summed E-state index contributed by atoms with van der Waals surface area (Å²) in [5, 5.41) is 4.86. The van der Waals surface area contributed by atoms with Crippen LogP contribution in [0.3, 0.4) is 0 Å². The van der Waals surface area contributed by atoms with Gasteiger partial charge < -0.3 is 18.9 Å². The molecule has 32 heavy (non-hydrogen) atoms. The second-order valence-corrected chi connectivity index (χ2v) is 9.54. The lowest BCUT2D eigenvalue weighted by atomic mass is 9.86. The van der Waals surface area contributed by atoms with E-state index >= 15 is 0 Å². The van der Waals surface area contributed by atoms with Gasteiger partial charge in [-0.05, 0) is 30.4 Å². The van der Waals surface area contributed by atoms with E-state index < -0.39 is 5.63 Å². The lowest BCUT2D eigenvalue weighted by Gasteiger charge is -2.26. The van der Waals surface area contributed by atoms with E-state index in [-0.39, 0.29) is 17.7 Å². The van der Waals surface area contributed by atoms with E-state index in [0.29, 0.717) is 29.7 Å². The number of nitrogens with zero attached hydrogens (tertiary/aromatic N) is 1. The number of rotatable bonds is 6. The predicted octanol–water partition coefficient (Wildman–Crippen LogP) is 3.53. The van der Waals surface area contributed by atoms with Gasteiger partial charge >= 0.3 is 5.63 Å². The fourth-order valence-corrected chi connectivity index (χ4v) is 4.29. The SMILES string of the molecule is Cc1c(CCC(=O)NCCN2CCOCC2)c(=O)oc2cc3occ(C(C)(C)C)c3cc12. The number of nitrogens with one attached hydrogen (secondary N) is 1. The zero-order valence-electron chi connectivity index (χ0n) is 19.4. The molecule has 0 atom stereocenters. The molecule has 172 valence electrons. The van der Waals surface area contributed by atoms with Crippen LogP contribution in [0.2, 0.25) is 0 Å². The fraction of sp³-hybridized carbons (Fsp3) is 0.520. The zero-order chi connectivity index (χ0) is 22.9. The maximum Gasteiger partial charge on any atom is 0.339 e. The van der Waals surface area contributed by atoms with Gasteiger partial charge in [0, 0.05) is 60.6 Å². The first-order chi connectivity index (χ1) is 15.2. The Hall–Kier alpha value is -2.64. The molecule has 0 bridgehead atoms. The molecule has 1 amide bonds. The van der Waals surface area contributed by atoms with Crippen molar-refractivity contribution in [3.63, 3.8) is 0 Å². The molecule has 2 aromatic heterocycles. The van der Waals surface area contributed by atoms with Crippen LogP contribution < -0.4 is 10.9 Å². The Morgan fingerprint density at radius 2 is 1.88 bits per heavy atom. The third kappa shape index (κ3) is 4.74. The number of amides is 1. The van der Waals surface area contributed by atoms with Crippen molar-refractivity contribution in [2.75, 3.05) is 39.4 Å². The maximum atomic E-state index is 12.6. The lowest BCUT2D eigenvalue weighted by molar-refractivity contribution is -0.121. The van der Waals surface area contributed by atoms with Gasteiger partial charge in [-0.3, -0.25) is 9.69 Å². The number of hydrogen-bond donors (Lipinski definition) is 1. The number of benzene rings is 1. The summed E-state index contributed by atoms with van der Waals surface area (Å²) in [7, 11) is 0. The largest absolute Gasteiger partial charge is 0.464 e. The first-order valence-electron chi connectivity index (χ1n) is 11.3. The van der Waals surface area contributed by atoms with Crippen LogP contribution in [0.15, 0.2) is 32.0 Å². The van der Waals surface area contributed by atoms with Gasteiger partial charge in [-0.15, -0.1) is 0 Å². The van der Waals surface area contributed by atoms with Crippen LogP contribution >= 0.6 is 0 Å². The molecular weight excluding hydrogens is 408 g/mol. The normalized spacial score (nSPS) is 15.5. The van der Waals surface area contributed by atoms with Crippen LogP contribution in [0.25, 0.3) is 21.9 Å². The van der Waals surface area contributed by atoms with Crippen molar-refractivity contribution in [2.45, 2.75) is 46.0 Å². The van der Waals surface area contributed by atoms with Crippen molar-refractivity contribution in [3.8, 4) is 0 Å². The highest BCUT2D eigenvalue weighted by Gasteiger charge is 2.22. The highest BCUT2D eigenvalue weighted by atomic mass is 16.5. The van der Waals surface area contributed by atoms with E-state index in [2.05, 4.69) is 31.0 Å². The van der Waals surface area contributed by atoms with Gasteiger partial charge in [0.05, 0.1) is 19.5 Å². The van der Waals surface area contributed by atoms with E-state index in [1.165, 1.54) is 0 Å². The molecule has 0 radical (unpaired) electrons. The fourth-order valence-electron chi connectivity index (χ4n) is 4.29. The summed E-state index contributed by atoms with van der Waals surface area (Å²) >= 11 is 0. The summed E-state index contributed by atoms with van der Waals surface area (Å²) in [5.41, 5.74) is 3.29. The van der Waals surface area contributed by atoms with Gasteiger partial charge in [-0.25, -0.2) is 4.79 Å². The average molecular weight is 441 g/mol. The number of ether oxygens (including phenoxy) is 1. The standard InChI is InChI=1S/C25H32N2O5/c1-16-17(5-6-23(28)26-7-8-27-9-11-30-12-10-27)24(29)32-22-14-21-19(13-18(16)22)20(15-31-21)25(2,3)4/h13-15H,5-12H2,1-4H3,(H,26,28). The zero-order valence-corrected chi connectivity index (χ0v) is 19.4. The van der Waals surface area contributed by atoms with Crippen LogP contribution in [0.1, 0.15) is 43.9 Å². The Labute approximate surface area is 187 Å². The summed E-state index contributed by atoms with van der Waals surface area (Å²) in [6, 6.07) is 3.83. The number of furan rings is 1. The highest BCUT2D eigenvalue weighted by molar-refractivity contribution is 5.96. The summed E-state index contributed by atoms with van der Waals surface area (Å²) in [5.74, 6) is -0.0579. The van der Waals surface area contributed by atoms with Crippen LogP contribution in [-0.2, 0) is 21.4 Å². The Morgan fingerprint density at radius 3 is 2.59 bits per heavy atom. The number of aryl methyl sites for hydroxylation is 1. The lowest BCUT2D eigenvalue weighted by Crippen LogP contribution is -2.41. The number of hydrogen-bond acceptors (Lipinski definition) is 6. The number of morpholine rings is 1. The monoisotopic (exact) mass is 440 g/mol. The van der Waals surface area contributed by atoms with E-state index in [9.17, 15) is 9.59 Å². The van der Waals surface area contributed by atoms with E-state index in [0.717, 1.165) is 54.7 Å². The minimum absolute atomic E-state index is 0.0579. The quantitative estimate of drug-likeness (QED) is 0.591. The first-order valence-corrected chi connectivity index (χ1v) is 11.3. The Bertz CT molecular complexity index is 1180. The van der Waals surface area contributed by atoms with Gasteiger partial charge in [-0.2, -0.15) is 0 Å². The smallest absolute Gasteiger partial charge is 0.339 e. The molecule has 7 heteroatoms. The van der Waals surface area contributed by atoms with Gasteiger partial charge in [0.2, 0.25) is 5.91 Å². The third-order valence-electron chi connectivity index (χ3n) is 6.25. The Morgan fingerprint density at radius 1 is 1.12 bits per heavy atom. The minimum atomic E-state index is -0.391. The molecule has 0 saturated carbocycles. The van der Waals surface area contributed by atoms with E-state index in [1.54, 1.807) is 12.3 Å². The molecule has 1 aromatic carbocycles. The predicted molar refractivity (Wildman–Crippen MR) is 124 cm³/mol. The minimum Gasteiger partial charge on any atom is -0.464 e. The van der Waals surface area contributed by atoms with Crippen molar-refractivity contribution in [2.24, 2.45) is 0 Å². The molecule has 1 aliphatic heterocycles. The van der Waals surface area contributed by atoms with Crippen molar-refractivity contribution in [1.29, 1.82) is 0 Å². The maximum absolute atomic E-state index is 12.6. The molecule has 0 unspecified atom stereocenters. The summed E-state index contributed by atoms with van der Waals surface area (Å²) in [6.07, 6.45) is 2.38. The Balaban J connectivity index is 1.49. The number of carbonyl (C=O) groups excluding carboxylic acids is 1. The van der Waals surface area contributed by atoms with Gasteiger partial charge in [-0.1, -0.05) is 20.8 Å². The summed E-state index contributed by atoms with van der Waals surface area (Å²) in [4.78, 5) is 27.3. The molecule has 7 nitrogen and oxygen atoms in total. The number of carbonyl (C=O) groups is 1. The topological polar surface area (TPSA) is 84.9 Å². The van der Waals surface area contributed by atoms with Crippen molar-refractivity contribution < 1.29 is 18.4 Å². The third-order valence-corrected chi connectivity index (χ3v) is 6.25. The molecule has 0 aliphatic carbocycles.